The van der Waals surface area contributed by atoms with Gasteiger partial charge in [0.25, 0.3) is 0 Å². The van der Waals surface area contributed by atoms with Crippen molar-refractivity contribution in [2.45, 2.75) is 25.8 Å². The van der Waals surface area contributed by atoms with E-state index in [1.54, 1.807) is 36.0 Å². The Balaban J connectivity index is 1.51. The van der Waals surface area contributed by atoms with Crippen LogP contribution in [0.15, 0.2) is 59.9 Å². The molecule has 0 aliphatic carbocycles. The van der Waals surface area contributed by atoms with Gasteiger partial charge in [-0.2, -0.15) is 5.10 Å². The van der Waals surface area contributed by atoms with Crippen molar-refractivity contribution in [1.82, 2.24) is 14.6 Å². The highest BCUT2D eigenvalue weighted by atomic mass is 32.2. The molecule has 2 aromatic heterocycles. The molecule has 0 bridgehead atoms. The van der Waals surface area contributed by atoms with Crippen molar-refractivity contribution in [3.05, 3.63) is 77.4 Å². The highest BCUT2D eigenvalue weighted by Gasteiger charge is 2.12. The first-order chi connectivity index (χ1) is 14.4. The fraction of sp³-hybridized carbons (Fsp3) is 0.174. The SMILES string of the molecule is Cc1ccc(-c2cc3c(SCC(=O)Nc4ccc(C)c(F)c4)nccn3n2)cc1C. The number of anilines is 1. The van der Waals surface area contributed by atoms with Gasteiger partial charge in [-0.3, -0.25) is 4.79 Å². The molecule has 0 saturated carbocycles. The molecule has 1 amide bonds. The Bertz CT molecular complexity index is 1250. The van der Waals surface area contributed by atoms with Crippen LogP contribution in [0.25, 0.3) is 16.8 Å². The Morgan fingerprint density at radius 2 is 1.87 bits per heavy atom. The molecule has 0 radical (unpaired) electrons. The van der Waals surface area contributed by atoms with Gasteiger partial charge in [0, 0.05) is 23.6 Å². The van der Waals surface area contributed by atoms with E-state index in [1.807, 2.05) is 6.07 Å². The lowest BCUT2D eigenvalue weighted by Gasteiger charge is -2.06. The largest absolute Gasteiger partial charge is 0.325 e. The highest BCUT2D eigenvalue weighted by molar-refractivity contribution is 8.00. The molecule has 0 saturated heterocycles. The Labute approximate surface area is 178 Å². The molecule has 0 unspecified atom stereocenters. The second-order valence-electron chi connectivity index (χ2n) is 7.19. The summed E-state index contributed by atoms with van der Waals surface area (Å²) in [7, 11) is 0. The Morgan fingerprint density at radius 1 is 1.07 bits per heavy atom. The van der Waals surface area contributed by atoms with Gasteiger partial charge in [-0.1, -0.05) is 30.0 Å². The summed E-state index contributed by atoms with van der Waals surface area (Å²) >= 11 is 1.32. The van der Waals surface area contributed by atoms with Gasteiger partial charge >= 0.3 is 0 Å². The van der Waals surface area contributed by atoms with Gasteiger partial charge < -0.3 is 5.32 Å². The van der Waals surface area contributed by atoms with Crippen LogP contribution in [0.5, 0.6) is 0 Å². The van der Waals surface area contributed by atoms with Crippen molar-refractivity contribution in [1.29, 1.82) is 0 Å². The van der Waals surface area contributed by atoms with Gasteiger partial charge in [0.1, 0.15) is 10.8 Å². The van der Waals surface area contributed by atoms with Crippen molar-refractivity contribution >= 4 is 28.9 Å². The number of aromatic nitrogens is 3. The molecule has 4 aromatic rings. The number of fused-ring (bicyclic) bond motifs is 1. The summed E-state index contributed by atoms with van der Waals surface area (Å²) in [5.74, 6) is -0.405. The molecule has 30 heavy (non-hydrogen) atoms. The van der Waals surface area contributed by atoms with Gasteiger partial charge in [0.2, 0.25) is 5.91 Å². The molecule has 7 heteroatoms. The number of nitrogens with one attached hydrogen (secondary N) is 1. The normalized spacial score (nSPS) is 11.1. The van der Waals surface area contributed by atoms with E-state index in [0.717, 1.165) is 16.8 Å². The number of aryl methyl sites for hydroxylation is 3. The first-order valence-electron chi connectivity index (χ1n) is 9.51. The number of carbonyl (C=O) groups excluding carboxylic acids is 1. The predicted octanol–water partition coefficient (Wildman–Crippen LogP) is 5.19. The lowest BCUT2D eigenvalue weighted by atomic mass is 10.0. The Kier molecular flexibility index (Phi) is 5.55. The van der Waals surface area contributed by atoms with Crippen molar-refractivity contribution in [3.8, 4) is 11.3 Å². The molecule has 0 atom stereocenters. The van der Waals surface area contributed by atoms with Crippen LogP contribution >= 0.6 is 11.8 Å². The minimum absolute atomic E-state index is 0.159. The zero-order chi connectivity index (χ0) is 21.3. The molecule has 4 rings (SSSR count). The molecule has 0 aliphatic rings. The molecular formula is C23H21FN4OS. The molecule has 0 aliphatic heterocycles. The maximum atomic E-state index is 13.7. The van der Waals surface area contributed by atoms with Gasteiger partial charge in [0.15, 0.2) is 0 Å². The molecule has 5 nitrogen and oxygen atoms in total. The monoisotopic (exact) mass is 420 g/mol. The van der Waals surface area contributed by atoms with E-state index in [9.17, 15) is 9.18 Å². The second kappa shape index (κ2) is 8.28. The third kappa shape index (κ3) is 4.21. The standard InChI is InChI=1S/C23H21FN4OS/c1-14-4-6-17(10-16(14)3)20-12-21-23(25-8-9-28(21)27-20)30-13-22(29)26-18-7-5-15(2)19(24)11-18/h4-12H,13H2,1-3H3,(H,26,29). The Morgan fingerprint density at radius 3 is 2.63 bits per heavy atom. The van der Waals surface area contributed by atoms with Crippen LogP contribution in [0.2, 0.25) is 0 Å². The van der Waals surface area contributed by atoms with Crippen LogP contribution in [0.1, 0.15) is 16.7 Å². The van der Waals surface area contributed by atoms with E-state index in [1.165, 1.54) is 29.0 Å². The van der Waals surface area contributed by atoms with Crippen LogP contribution in [0.3, 0.4) is 0 Å². The van der Waals surface area contributed by atoms with Crippen LogP contribution in [0.4, 0.5) is 10.1 Å². The van der Waals surface area contributed by atoms with E-state index in [0.29, 0.717) is 16.3 Å². The maximum absolute atomic E-state index is 13.7. The summed E-state index contributed by atoms with van der Waals surface area (Å²) in [6, 6.07) is 12.9. The zero-order valence-electron chi connectivity index (χ0n) is 16.9. The number of thioether (sulfide) groups is 1. The number of benzene rings is 2. The number of halogens is 1. The Hall–Kier alpha value is -3.19. The van der Waals surface area contributed by atoms with Crippen LogP contribution in [-0.4, -0.2) is 26.3 Å². The molecule has 0 fully saturated rings. The lowest BCUT2D eigenvalue weighted by molar-refractivity contribution is -0.113. The van der Waals surface area contributed by atoms with Crippen LogP contribution in [-0.2, 0) is 4.79 Å². The van der Waals surface area contributed by atoms with Crippen molar-refractivity contribution < 1.29 is 9.18 Å². The number of amides is 1. The third-order valence-corrected chi connectivity index (χ3v) is 5.95. The highest BCUT2D eigenvalue weighted by Crippen LogP contribution is 2.27. The summed E-state index contributed by atoms with van der Waals surface area (Å²) in [5.41, 5.74) is 6.16. The second-order valence-corrected chi connectivity index (χ2v) is 8.16. The lowest BCUT2D eigenvalue weighted by Crippen LogP contribution is -2.14. The minimum atomic E-state index is -0.343. The average molecular weight is 421 g/mol. The summed E-state index contributed by atoms with van der Waals surface area (Å²) in [6.45, 7) is 5.84. The number of carbonyl (C=O) groups is 1. The van der Waals surface area contributed by atoms with Gasteiger partial charge in [-0.15, -0.1) is 0 Å². The molecular weight excluding hydrogens is 399 g/mol. The molecule has 1 N–H and O–H groups in total. The van der Waals surface area contributed by atoms with E-state index in [2.05, 4.69) is 47.4 Å². The minimum Gasteiger partial charge on any atom is -0.325 e. The summed E-state index contributed by atoms with van der Waals surface area (Å²) in [5, 5.41) is 8.08. The first kappa shape index (κ1) is 20.1. The van der Waals surface area contributed by atoms with Gasteiger partial charge in [-0.25, -0.2) is 13.9 Å². The van der Waals surface area contributed by atoms with Gasteiger partial charge in [-0.05, 0) is 61.7 Å². The van der Waals surface area contributed by atoms with E-state index in [4.69, 9.17) is 0 Å². The van der Waals surface area contributed by atoms with Gasteiger partial charge in [0.05, 0.1) is 17.0 Å². The number of nitrogens with zero attached hydrogens (tertiary/aromatic N) is 3. The molecule has 0 spiro atoms. The molecule has 2 aromatic carbocycles. The van der Waals surface area contributed by atoms with Crippen molar-refractivity contribution in [2.24, 2.45) is 0 Å². The fourth-order valence-corrected chi connectivity index (χ4v) is 3.83. The fourth-order valence-electron chi connectivity index (χ4n) is 3.05. The van der Waals surface area contributed by atoms with E-state index < -0.39 is 0 Å². The third-order valence-electron chi connectivity index (χ3n) is 4.95. The van der Waals surface area contributed by atoms with E-state index in [-0.39, 0.29) is 17.5 Å². The summed E-state index contributed by atoms with van der Waals surface area (Å²) < 4.78 is 15.4. The topological polar surface area (TPSA) is 59.3 Å². The van der Waals surface area contributed by atoms with Crippen LogP contribution in [0, 0.1) is 26.6 Å². The quantitative estimate of drug-likeness (QED) is 0.451. The summed E-state index contributed by atoms with van der Waals surface area (Å²) in [4.78, 5) is 16.7. The van der Waals surface area contributed by atoms with E-state index >= 15 is 0 Å². The van der Waals surface area contributed by atoms with Crippen molar-refractivity contribution in [3.63, 3.8) is 0 Å². The zero-order valence-corrected chi connectivity index (χ0v) is 17.8. The van der Waals surface area contributed by atoms with Crippen LogP contribution < -0.4 is 5.32 Å². The first-order valence-corrected chi connectivity index (χ1v) is 10.5. The maximum Gasteiger partial charge on any atom is 0.234 e. The summed E-state index contributed by atoms with van der Waals surface area (Å²) in [6.07, 6.45) is 3.46. The van der Waals surface area contributed by atoms with Crippen molar-refractivity contribution in [2.75, 3.05) is 11.1 Å². The predicted molar refractivity (Wildman–Crippen MR) is 118 cm³/mol. The number of hydrogen-bond donors (Lipinski definition) is 1. The number of rotatable bonds is 5. The molecule has 152 valence electrons. The molecule has 2 heterocycles. The average Bonchev–Trinajstić information content (AvgIpc) is 3.16. The smallest absolute Gasteiger partial charge is 0.234 e. The number of hydrogen-bond acceptors (Lipinski definition) is 4.